The van der Waals surface area contributed by atoms with E-state index in [-0.39, 0.29) is 16.9 Å². The summed E-state index contributed by atoms with van der Waals surface area (Å²) in [6.45, 7) is 2.08. The van der Waals surface area contributed by atoms with Gasteiger partial charge in [0.1, 0.15) is 0 Å². The zero-order valence-electron chi connectivity index (χ0n) is 17.7. The van der Waals surface area contributed by atoms with Crippen LogP contribution in [0.2, 0.25) is 0 Å². The van der Waals surface area contributed by atoms with Crippen LogP contribution >= 0.6 is 0 Å². The molecule has 0 saturated carbocycles. The summed E-state index contributed by atoms with van der Waals surface area (Å²) in [5.74, 6) is -0.476. The Morgan fingerprint density at radius 1 is 1.12 bits per heavy atom. The molecule has 0 spiro atoms. The Hall–Kier alpha value is -3.50. The van der Waals surface area contributed by atoms with E-state index in [1.54, 1.807) is 31.2 Å². The molecule has 2 aromatic carbocycles. The zero-order chi connectivity index (χ0) is 23.3. The van der Waals surface area contributed by atoms with Crippen molar-refractivity contribution in [2.24, 2.45) is 10.1 Å². The van der Waals surface area contributed by atoms with Crippen molar-refractivity contribution >= 4 is 21.7 Å². The molecule has 0 fully saturated rings. The molecule has 0 aliphatic heterocycles. The molecule has 0 aliphatic carbocycles. The zero-order valence-corrected chi connectivity index (χ0v) is 18.6. The van der Waals surface area contributed by atoms with Gasteiger partial charge in [-0.25, -0.2) is 18.2 Å². The predicted octanol–water partition coefficient (Wildman–Crippen LogP) is 1.58. The van der Waals surface area contributed by atoms with E-state index < -0.39 is 16.0 Å². The number of para-hydroxylation sites is 1. The molecular weight excluding hydrogens is 432 g/mol. The lowest BCUT2D eigenvalue weighted by molar-refractivity contribution is -0.139. The molecule has 0 radical (unpaired) electrons. The van der Waals surface area contributed by atoms with Crippen molar-refractivity contribution in [3.8, 4) is 5.69 Å². The number of rotatable bonds is 8. The number of benzene rings is 2. The number of hydrogen-bond acceptors (Lipinski definition) is 6. The molecule has 168 valence electrons. The lowest BCUT2D eigenvalue weighted by Gasteiger charge is -2.03. The Bertz CT molecular complexity index is 1290. The Morgan fingerprint density at radius 2 is 1.78 bits per heavy atom. The summed E-state index contributed by atoms with van der Waals surface area (Å²) in [6.07, 6.45) is 0.439. The monoisotopic (exact) mass is 456 g/mol. The first-order valence-corrected chi connectivity index (χ1v) is 11.3. The molecule has 1 aromatic heterocycles. The van der Waals surface area contributed by atoms with Gasteiger partial charge in [0.2, 0.25) is 10.0 Å². The molecule has 0 bridgehead atoms. The van der Waals surface area contributed by atoms with Crippen molar-refractivity contribution in [1.82, 2.24) is 9.78 Å². The summed E-state index contributed by atoms with van der Waals surface area (Å²) in [7, 11) is -2.45. The number of aromatic nitrogens is 2. The number of H-pyrrole nitrogens is 1. The molecule has 0 saturated heterocycles. The number of primary sulfonamides is 1. The third-order valence-corrected chi connectivity index (χ3v) is 5.82. The van der Waals surface area contributed by atoms with Crippen LogP contribution in [0.3, 0.4) is 0 Å². The van der Waals surface area contributed by atoms with Crippen molar-refractivity contribution in [1.29, 1.82) is 0 Å². The average Bonchev–Trinajstić information content (AvgIpc) is 3.09. The van der Waals surface area contributed by atoms with Crippen molar-refractivity contribution in [2.45, 2.75) is 24.7 Å². The summed E-state index contributed by atoms with van der Waals surface area (Å²) in [4.78, 5) is 29.5. The molecule has 0 atom stereocenters. The molecule has 9 nitrogen and oxygen atoms in total. The number of carbonyl (C=O) groups is 1. The molecule has 32 heavy (non-hydrogen) atoms. The first-order chi connectivity index (χ1) is 15.2. The molecule has 0 amide bonds. The molecule has 3 rings (SSSR count). The van der Waals surface area contributed by atoms with E-state index >= 15 is 0 Å². The number of nitrogens with two attached hydrogens (primary N) is 1. The fourth-order valence-electron chi connectivity index (χ4n) is 3.24. The van der Waals surface area contributed by atoms with Crippen molar-refractivity contribution in [3.63, 3.8) is 0 Å². The highest BCUT2D eigenvalue weighted by molar-refractivity contribution is 7.89. The fourth-order valence-corrected chi connectivity index (χ4v) is 3.75. The molecule has 1 heterocycles. The Kier molecular flexibility index (Phi) is 7.06. The van der Waals surface area contributed by atoms with Gasteiger partial charge in [-0.15, -0.1) is 0 Å². The Labute approximate surface area is 185 Å². The smallest absolute Gasteiger partial charge is 0.311 e. The predicted molar refractivity (Wildman–Crippen MR) is 121 cm³/mol. The van der Waals surface area contributed by atoms with Gasteiger partial charge in [-0.05, 0) is 43.2 Å². The van der Waals surface area contributed by atoms with Gasteiger partial charge in [0.05, 0.1) is 35.4 Å². The van der Waals surface area contributed by atoms with Crippen LogP contribution in [0.15, 0.2) is 69.3 Å². The maximum Gasteiger partial charge on any atom is 0.311 e. The van der Waals surface area contributed by atoms with Crippen LogP contribution in [-0.4, -0.2) is 43.5 Å². The minimum atomic E-state index is -3.74. The number of aliphatic imine (C=N–C) groups is 1. The van der Waals surface area contributed by atoms with E-state index in [4.69, 9.17) is 9.88 Å². The van der Waals surface area contributed by atoms with Crippen LogP contribution in [0.4, 0.5) is 0 Å². The van der Waals surface area contributed by atoms with Gasteiger partial charge in [-0.3, -0.25) is 19.7 Å². The van der Waals surface area contributed by atoms with Crippen LogP contribution in [0, 0.1) is 0 Å². The maximum atomic E-state index is 13.1. The number of hydrogen-bond donors (Lipinski definition) is 2. The molecule has 3 N–H and O–H groups in total. The molecular formula is C22H24N4O5S. The number of methoxy groups -OCH3 is 1. The van der Waals surface area contributed by atoms with E-state index in [0.717, 1.165) is 5.56 Å². The number of ether oxygens (including phenoxy) is 1. The summed E-state index contributed by atoms with van der Waals surface area (Å²) in [5, 5.41) is 8.11. The highest BCUT2D eigenvalue weighted by Crippen LogP contribution is 2.12. The number of esters is 1. The van der Waals surface area contributed by atoms with Crippen molar-refractivity contribution in [3.05, 3.63) is 81.8 Å². The first-order valence-electron chi connectivity index (χ1n) is 9.80. The second-order valence-corrected chi connectivity index (χ2v) is 8.66. The molecule has 0 unspecified atom stereocenters. The van der Waals surface area contributed by atoms with E-state index in [1.165, 1.54) is 23.9 Å². The third kappa shape index (κ3) is 5.40. The largest absolute Gasteiger partial charge is 0.469 e. The van der Waals surface area contributed by atoms with Gasteiger partial charge in [0.15, 0.2) is 0 Å². The van der Waals surface area contributed by atoms with Crippen molar-refractivity contribution in [2.75, 3.05) is 13.7 Å². The van der Waals surface area contributed by atoms with E-state index in [9.17, 15) is 18.0 Å². The van der Waals surface area contributed by atoms with Crippen molar-refractivity contribution < 1.29 is 17.9 Å². The summed E-state index contributed by atoms with van der Waals surface area (Å²) >= 11 is 0. The number of nitrogens with zero attached hydrogens (tertiary/aromatic N) is 2. The summed E-state index contributed by atoms with van der Waals surface area (Å²) in [5.41, 5.74) is 2.43. The average molecular weight is 457 g/mol. The highest BCUT2D eigenvalue weighted by atomic mass is 32.2. The summed E-state index contributed by atoms with van der Waals surface area (Å²) < 4.78 is 28.8. The van der Waals surface area contributed by atoms with Gasteiger partial charge in [-0.2, -0.15) is 0 Å². The standard InChI is InChI=1S/C22H24N4O5S/c1-15(24-13-12-16-8-10-18(11-9-16)32(23,29)30)21-19(14-20(27)31-2)25-26(22(21)28)17-6-4-3-5-7-17/h3-11,25H,12-14H2,1-2H3,(H2,23,29,30). The van der Waals surface area contributed by atoms with E-state index in [0.29, 0.717) is 35.6 Å². The van der Waals surface area contributed by atoms with Crippen LogP contribution in [0.5, 0.6) is 0 Å². The van der Waals surface area contributed by atoms with Gasteiger partial charge >= 0.3 is 5.97 Å². The number of aromatic amines is 1. The van der Waals surface area contributed by atoms with Crippen LogP contribution < -0.4 is 10.7 Å². The Balaban J connectivity index is 1.86. The first kappa shape index (κ1) is 23.2. The topological polar surface area (TPSA) is 137 Å². The Morgan fingerprint density at radius 3 is 2.38 bits per heavy atom. The number of sulfonamides is 1. The molecule has 0 aliphatic rings. The lowest BCUT2D eigenvalue weighted by atomic mass is 10.1. The quantitative estimate of drug-likeness (QED) is 0.392. The minimum Gasteiger partial charge on any atom is -0.469 e. The van der Waals surface area contributed by atoms with E-state index in [1.807, 2.05) is 18.2 Å². The SMILES string of the molecule is COC(=O)Cc1[nH]n(-c2ccccc2)c(=O)c1C(C)=NCCc1ccc(S(N)(=O)=O)cc1. The van der Waals surface area contributed by atoms with Gasteiger partial charge in [-0.1, -0.05) is 30.3 Å². The normalized spacial score (nSPS) is 12.0. The lowest BCUT2D eigenvalue weighted by Crippen LogP contribution is -2.20. The molecule has 3 aromatic rings. The van der Waals surface area contributed by atoms with Crippen LogP contribution in [-0.2, 0) is 32.4 Å². The fraction of sp³-hybridized carbons (Fsp3) is 0.227. The van der Waals surface area contributed by atoms with Gasteiger partial charge < -0.3 is 4.74 Å². The van der Waals surface area contributed by atoms with Gasteiger partial charge in [0.25, 0.3) is 5.56 Å². The number of carbonyl (C=O) groups excluding carboxylic acids is 1. The van der Waals surface area contributed by atoms with E-state index in [2.05, 4.69) is 10.1 Å². The maximum absolute atomic E-state index is 13.1. The van der Waals surface area contributed by atoms with Crippen LogP contribution in [0.1, 0.15) is 23.7 Å². The van der Waals surface area contributed by atoms with Gasteiger partial charge in [0, 0.05) is 12.3 Å². The number of nitrogens with one attached hydrogen (secondary N) is 1. The highest BCUT2D eigenvalue weighted by Gasteiger charge is 2.20. The molecule has 10 heteroatoms. The second kappa shape index (κ2) is 9.75. The minimum absolute atomic E-state index is 0.0437. The second-order valence-electron chi connectivity index (χ2n) is 7.10. The summed E-state index contributed by atoms with van der Waals surface area (Å²) in [6, 6.07) is 15.3. The third-order valence-electron chi connectivity index (χ3n) is 4.89. The van der Waals surface area contributed by atoms with Crippen LogP contribution in [0.25, 0.3) is 5.69 Å².